The topological polar surface area (TPSA) is 97.3 Å². The van der Waals surface area contributed by atoms with Gasteiger partial charge in [0.05, 0.1) is 37.4 Å². The van der Waals surface area contributed by atoms with Crippen molar-refractivity contribution in [2.24, 2.45) is 0 Å². The Hall–Kier alpha value is -2.75. The molecule has 1 fully saturated rings. The Labute approximate surface area is 222 Å². The van der Waals surface area contributed by atoms with Gasteiger partial charge in [-0.1, -0.05) is 23.4 Å². The zero-order valence-electron chi connectivity index (χ0n) is 19.3. The van der Waals surface area contributed by atoms with Gasteiger partial charge in [-0.15, -0.1) is 22.7 Å². The smallest absolute Gasteiger partial charge is 0.160 e. The van der Waals surface area contributed by atoms with Crippen LogP contribution in [0.15, 0.2) is 41.5 Å². The molecule has 0 bridgehead atoms. The number of thiophene rings is 1. The predicted molar refractivity (Wildman–Crippen MR) is 145 cm³/mol. The first-order valence-electron chi connectivity index (χ1n) is 11.1. The molecule has 0 saturated carbocycles. The Kier molecular flexibility index (Phi) is 7.41. The van der Waals surface area contributed by atoms with Gasteiger partial charge in [0.25, 0.3) is 0 Å². The minimum absolute atomic E-state index is 0.0373. The molecular formula is C24H22ClN5O3S3. The van der Waals surface area contributed by atoms with Gasteiger partial charge in [-0.05, 0) is 37.1 Å². The molecule has 1 N–H and O–H groups in total. The molecular weight excluding hydrogens is 538 g/mol. The number of anilines is 2. The van der Waals surface area contributed by atoms with Gasteiger partial charge >= 0.3 is 0 Å². The van der Waals surface area contributed by atoms with Crippen molar-refractivity contribution >= 4 is 65.8 Å². The van der Waals surface area contributed by atoms with Gasteiger partial charge in [0.15, 0.2) is 15.7 Å². The fraction of sp³-hybridized carbons (Fsp3) is 0.292. The number of halogens is 1. The van der Waals surface area contributed by atoms with Gasteiger partial charge in [0.2, 0.25) is 0 Å². The van der Waals surface area contributed by atoms with E-state index >= 15 is 0 Å². The standard InChI is InChI=1S/C24H22ClN5O3S3/c1-36(31,32)15-30-8-2-3-18(30)5-6-19-10-21-23(35-19)24(27-13-26-21)29-16-4-7-22(20(25)9-16)33-11-17-12-34-14-28-17/h4,7,9-10,12-14,18H,2-3,8,11,15H2,1H3,(H,26,27,29)/t18-/m0/s1. The maximum atomic E-state index is 11.7. The summed E-state index contributed by atoms with van der Waals surface area (Å²) in [4.78, 5) is 15.8. The van der Waals surface area contributed by atoms with Gasteiger partial charge < -0.3 is 10.1 Å². The zero-order chi connectivity index (χ0) is 25.1. The predicted octanol–water partition coefficient (Wildman–Crippen LogP) is 4.94. The summed E-state index contributed by atoms with van der Waals surface area (Å²) < 4.78 is 30.1. The van der Waals surface area contributed by atoms with Crippen LogP contribution in [0.3, 0.4) is 0 Å². The molecule has 1 aliphatic heterocycles. The van der Waals surface area contributed by atoms with Crippen LogP contribution in [0.4, 0.5) is 11.5 Å². The van der Waals surface area contributed by atoms with Crippen LogP contribution in [0.2, 0.25) is 5.02 Å². The summed E-state index contributed by atoms with van der Waals surface area (Å²) in [5.74, 6) is 7.75. The van der Waals surface area contributed by atoms with Crippen molar-refractivity contribution < 1.29 is 13.2 Å². The molecule has 4 aromatic rings. The number of benzene rings is 1. The molecule has 12 heteroatoms. The number of sulfone groups is 1. The number of fused-ring (bicyclic) bond motifs is 1. The number of likely N-dealkylation sites (tertiary alicyclic amines) is 1. The number of aromatic nitrogens is 3. The fourth-order valence-electron chi connectivity index (χ4n) is 3.90. The Morgan fingerprint density at radius 1 is 1.28 bits per heavy atom. The first kappa shape index (κ1) is 24.9. The highest BCUT2D eigenvalue weighted by Crippen LogP contribution is 2.33. The third-order valence-corrected chi connectivity index (χ3v) is 8.27. The normalized spacial score (nSPS) is 16.1. The molecule has 36 heavy (non-hydrogen) atoms. The van der Waals surface area contributed by atoms with E-state index in [0.29, 0.717) is 23.2 Å². The second kappa shape index (κ2) is 10.7. The van der Waals surface area contributed by atoms with Crippen LogP contribution in [0.1, 0.15) is 23.4 Å². The van der Waals surface area contributed by atoms with Crippen molar-refractivity contribution in [3.05, 3.63) is 57.1 Å². The largest absolute Gasteiger partial charge is 0.486 e. The van der Waals surface area contributed by atoms with Crippen molar-refractivity contribution in [2.75, 3.05) is 24.0 Å². The lowest BCUT2D eigenvalue weighted by Gasteiger charge is -2.18. The molecule has 0 unspecified atom stereocenters. The van der Waals surface area contributed by atoms with Crippen LogP contribution in [-0.2, 0) is 16.4 Å². The molecule has 8 nitrogen and oxygen atoms in total. The molecule has 4 heterocycles. The quantitative estimate of drug-likeness (QED) is 0.318. The van der Waals surface area contributed by atoms with E-state index in [-0.39, 0.29) is 11.9 Å². The lowest BCUT2D eigenvalue weighted by Crippen LogP contribution is -2.33. The van der Waals surface area contributed by atoms with Gasteiger partial charge in [0, 0.05) is 23.9 Å². The fourth-order valence-corrected chi connectivity index (χ4v) is 6.50. The zero-order valence-corrected chi connectivity index (χ0v) is 22.5. The summed E-state index contributed by atoms with van der Waals surface area (Å²) in [5, 5.41) is 5.73. The lowest BCUT2D eigenvalue weighted by molar-refractivity contribution is 0.302. The number of hydrogen-bond donors (Lipinski definition) is 1. The maximum Gasteiger partial charge on any atom is 0.160 e. The van der Waals surface area contributed by atoms with Crippen LogP contribution in [0, 0.1) is 11.8 Å². The summed E-state index contributed by atoms with van der Waals surface area (Å²) in [6.45, 7) is 1.10. The number of nitrogens with one attached hydrogen (secondary N) is 1. The van der Waals surface area contributed by atoms with E-state index in [1.807, 2.05) is 28.5 Å². The highest BCUT2D eigenvalue weighted by Gasteiger charge is 2.25. The van der Waals surface area contributed by atoms with Crippen molar-refractivity contribution in [2.45, 2.75) is 25.5 Å². The molecule has 1 aromatic carbocycles. The van der Waals surface area contributed by atoms with Crippen molar-refractivity contribution in [3.8, 4) is 17.6 Å². The Balaban J connectivity index is 1.31. The summed E-state index contributed by atoms with van der Waals surface area (Å²) in [7, 11) is -3.08. The Bertz CT molecular complexity index is 1540. The summed E-state index contributed by atoms with van der Waals surface area (Å²) in [6, 6.07) is 7.34. The maximum absolute atomic E-state index is 11.7. The van der Waals surface area contributed by atoms with Gasteiger partial charge in [-0.2, -0.15) is 0 Å². The van der Waals surface area contributed by atoms with E-state index in [1.165, 1.54) is 35.3 Å². The average molecular weight is 560 g/mol. The van der Waals surface area contributed by atoms with Gasteiger partial charge in [-0.3, -0.25) is 4.90 Å². The number of nitrogens with zero attached hydrogens (tertiary/aromatic N) is 4. The van der Waals surface area contributed by atoms with Crippen LogP contribution >= 0.6 is 34.3 Å². The second-order valence-corrected chi connectivity index (χ2v) is 12.7. The van der Waals surface area contributed by atoms with E-state index in [1.54, 1.807) is 11.6 Å². The minimum atomic E-state index is -3.08. The molecule has 1 aliphatic rings. The summed E-state index contributed by atoms with van der Waals surface area (Å²) in [5.41, 5.74) is 4.18. The second-order valence-electron chi connectivity index (χ2n) is 8.38. The highest BCUT2D eigenvalue weighted by molar-refractivity contribution is 7.90. The molecule has 0 amide bonds. The van der Waals surface area contributed by atoms with E-state index in [2.05, 4.69) is 32.1 Å². The Morgan fingerprint density at radius 3 is 2.94 bits per heavy atom. The summed E-state index contributed by atoms with van der Waals surface area (Å²) >= 11 is 9.45. The number of hydrogen-bond acceptors (Lipinski definition) is 10. The molecule has 3 aromatic heterocycles. The van der Waals surface area contributed by atoms with Crippen LogP contribution < -0.4 is 10.1 Å². The number of rotatable bonds is 7. The van der Waals surface area contributed by atoms with Crippen LogP contribution in [0.25, 0.3) is 10.2 Å². The molecule has 0 aliphatic carbocycles. The van der Waals surface area contributed by atoms with Crippen molar-refractivity contribution in [1.82, 2.24) is 19.9 Å². The van der Waals surface area contributed by atoms with Crippen LogP contribution in [0.5, 0.6) is 5.75 Å². The first-order valence-corrected chi connectivity index (χ1v) is 15.3. The van der Waals surface area contributed by atoms with E-state index in [0.717, 1.165) is 45.9 Å². The lowest BCUT2D eigenvalue weighted by atomic mass is 10.2. The summed E-state index contributed by atoms with van der Waals surface area (Å²) in [6.07, 6.45) is 4.57. The van der Waals surface area contributed by atoms with E-state index < -0.39 is 9.84 Å². The van der Waals surface area contributed by atoms with Crippen molar-refractivity contribution in [3.63, 3.8) is 0 Å². The number of thiazole rings is 1. The number of ether oxygens (including phenoxy) is 1. The molecule has 5 rings (SSSR count). The molecule has 0 radical (unpaired) electrons. The van der Waals surface area contributed by atoms with E-state index in [9.17, 15) is 8.42 Å². The molecule has 0 spiro atoms. The molecule has 186 valence electrons. The van der Waals surface area contributed by atoms with Gasteiger partial charge in [0.1, 0.15) is 24.6 Å². The third kappa shape index (κ3) is 6.14. The highest BCUT2D eigenvalue weighted by atomic mass is 35.5. The first-order chi connectivity index (χ1) is 17.3. The molecule has 1 atom stereocenters. The van der Waals surface area contributed by atoms with Crippen LogP contribution in [-0.4, -0.2) is 53.0 Å². The monoisotopic (exact) mass is 559 g/mol. The molecule has 1 saturated heterocycles. The van der Waals surface area contributed by atoms with E-state index in [4.69, 9.17) is 16.3 Å². The third-order valence-electron chi connectivity index (χ3n) is 5.49. The minimum Gasteiger partial charge on any atom is -0.486 e. The Morgan fingerprint density at radius 2 is 2.17 bits per heavy atom. The van der Waals surface area contributed by atoms with Crippen molar-refractivity contribution in [1.29, 1.82) is 0 Å². The SMILES string of the molecule is CS(=O)(=O)CN1CCC[C@H]1C#Cc1cc2ncnc(Nc3ccc(OCc4cscn4)c(Cl)c3)c2s1. The average Bonchev–Trinajstić information content (AvgIpc) is 3.58. The van der Waals surface area contributed by atoms with Gasteiger partial charge in [-0.25, -0.2) is 23.4 Å².